The van der Waals surface area contributed by atoms with Crippen LogP contribution in [0, 0.1) is 6.92 Å². The van der Waals surface area contributed by atoms with Crippen molar-refractivity contribution < 1.29 is 4.79 Å². The van der Waals surface area contributed by atoms with Crippen LogP contribution in [0.1, 0.15) is 31.0 Å². The maximum atomic E-state index is 12.6. The van der Waals surface area contributed by atoms with E-state index in [2.05, 4.69) is 23.3 Å². The molecule has 0 bridgehead atoms. The van der Waals surface area contributed by atoms with Crippen molar-refractivity contribution in [3.8, 4) is 0 Å². The van der Waals surface area contributed by atoms with Crippen LogP contribution in [0.25, 0.3) is 10.9 Å². The molecule has 0 aliphatic rings. The summed E-state index contributed by atoms with van der Waals surface area (Å²) >= 11 is 13.6. The number of halogens is 2. The summed E-state index contributed by atoms with van der Waals surface area (Å²) in [5.74, 6) is -0.0638. The fraction of sp³-hybridized carbons (Fsp3) is 0.238. The van der Waals surface area contributed by atoms with Crippen LogP contribution in [-0.4, -0.2) is 16.1 Å². The molecule has 0 saturated heterocycles. The van der Waals surface area contributed by atoms with E-state index in [1.54, 1.807) is 12.1 Å². The number of aromatic nitrogens is 1. The molecule has 0 spiro atoms. The lowest BCUT2D eigenvalue weighted by Gasteiger charge is -2.19. The highest BCUT2D eigenvalue weighted by Crippen LogP contribution is 2.29. The quantitative estimate of drug-likeness (QED) is 0.500. The second-order valence-corrected chi connectivity index (χ2v) is 8.66. The number of hydrogen-bond acceptors (Lipinski definition) is 3. The minimum atomic E-state index is -0.286. The summed E-state index contributed by atoms with van der Waals surface area (Å²) in [6.07, 6.45) is 0. The van der Waals surface area contributed by atoms with Gasteiger partial charge in [0.15, 0.2) is 0 Å². The Hall–Kier alpha value is -1.75. The van der Waals surface area contributed by atoms with Gasteiger partial charge < -0.3 is 5.32 Å². The molecule has 3 nitrogen and oxygen atoms in total. The summed E-state index contributed by atoms with van der Waals surface area (Å²) in [4.78, 5) is 17.3. The molecule has 1 amide bonds. The van der Waals surface area contributed by atoms with Crippen LogP contribution in [0.2, 0.25) is 10.0 Å². The third-order valence-electron chi connectivity index (χ3n) is 4.35. The monoisotopic (exact) mass is 418 g/mol. The van der Waals surface area contributed by atoms with Gasteiger partial charge in [0, 0.05) is 15.4 Å². The van der Waals surface area contributed by atoms with Gasteiger partial charge in [0.25, 0.3) is 0 Å². The van der Waals surface area contributed by atoms with Crippen molar-refractivity contribution in [2.45, 2.75) is 37.1 Å². The van der Waals surface area contributed by atoms with Gasteiger partial charge in [0.2, 0.25) is 5.91 Å². The van der Waals surface area contributed by atoms with Gasteiger partial charge in [-0.25, -0.2) is 4.98 Å². The van der Waals surface area contributed by atoms with Gasteiger partial charge in [-0.15, -0.1) is 0 Å². The van der Waals surface area contributed by atoms with Crippen LogP contribution in [0.5, 0.6) is 0 Å². The number of pyridine rings is 1. The lowest BCUT2D eigenvalue weighted by Crippen LogP contribution is -2.33. The molecular weight excluding hydrogens is 399 g/mol. The largest absolute Gasteiger partial charge is 0.349 e. The van der Waals surface area contributed by atoms with E-state index in [9.17, 15) is 4.79 Å². The standard InChI is InChI=1S/C21H20Cl2N2OS/c1-12-10-20(25-19-7-5-4-6-16(12)19)27-14(3)21(26)24-13(2)17-9-8-15(22)11-18(17)23/h4-11,13-14H,1-3H3,(H,24,26)/t13-,14+/m1/s1. The number of amides is 1. The number of hydrogen-bond donors (Lipinski definition) is 1. The van der Waals surface area contributed by atoms with Crippen molar-refractivity contribution in [2.24, 2.45) is 0 Å². The lowest BCUT2D eigenvalue weighted by atomic mass is 10.1. The van der Waals surface area contributed by atoms with Crippen molar-refractivity contribution in [3.63, 3.8) is 0 Å². The smallest absolute Gasteiger partial charge is 0.233 e. The maximum Gasteiger partial charge on any atom is 0.233 e. The van der Waals surface area contributed by atoms with Gasteiger partial charge in [-0.3, -0.25) is 4.79 Å². The lowest BCUT2D eigenvalue weighted by molar-refractivity contribution is -0.120. The Kier molecular flexibility index (Phi) is 6.30. The molecule has 0 unspecified atom stereocenters. The van der Waals surface area contributed by atoms with Crippen molar-refractivity contribution in [1.29, 1.82) is 0 Å². The summed E-state index contributed by atoms with van der Waals surface area (Å²) in [6.45, 7) is 5.84. The number of para-hydroxylation sites is 1. The SMILES string of the molecule is Cc1cc(S[C@@H](C)C(=O)N[C@H](C)c2ccc(Cl)cc2Cl)nc2ccccc12. The molecule has 2 aromatic carbocycles. The minimum absolute atomic E-state index is 0.0638. The summed E-state index contributed by atoms with van der Waals surface area (Å²) in [5, 5.41) is 5.81. The number of carbonyl (C=O) groups is 1. The van der Waals surface area contributed by atoms with Gasteiger partial charge in [-0.1, -0.05) is 59.2 Å². The Labute approximate surface area is 173 Å². The molecular formula is C21H20Cl2N2OS. The molecule has 0 fully saturated rings. The first-order valence-corrected chi connectivity index (χ1v) is 10.3. The molecule has 0 radical (unpaired) electrons. The first-order valence-electron chi connectivity index (χ1n) is 8.63. The first kappa shape index (κ1) is 20.0. The van der Waals surface area contributed by atoms with Crippen LogP contribution >= 0.6 is 35.0 Å². The Morgan fingerprint density at radius 1 is 1.11 bits per heavy atom. The normalized spacial score (nSPS) is 13.4. The number of thioether (sulfide) groups is 1. The van der Waals surface area contributed by atoms with Gasteiger partial charge in [-0.2, -0.15) is 0 Å². The number of rotatable bonds is 5. The van der Waals surface area contributed by atoms with Gasteiger partial charge in [0.1, 0.15) is 0 Å². The number of nitrogens with zero attached hydrogens (tertiary/aromatic N) is 1. The van der Waals surface area contributed by atoms with Crippen molar-refractivity contribution in [2.75, 3.05) is 0 Å². The predicted molar refractivity (Wildman–Crippen MR) is 115 cm³/mol. The van der Waals surface area contributed by atoms with E-state index in [1.165, 1.54) is 11.8 Å². The first-order chi connectivity index (χ1) is 12.8. The van der Waals surface area contributed by atoms with E-state index < -0.39 is 0 Å². The molecule has 27 heavy (non-hydrogen) atoms. The van der Waals surface area contributed by atoms with Gasteiger partial charge >= 0.3 is 0 Å². The molecule has 6 heteroatoms. The Balaban J connectivity index is 1.70. The van der Waals surface area contributed by atoms with Crippen LogP contribution < -0.4 is 5.32 Å². The third kappa shape index (κ3) is 4.75. The Bertz CT molecular complexity index is 993. The molecule has 3 aromatic rings. The molecule has 3 rings (SSSR count). The molecule has 0 aliphatic carbocycles. The highest BCUT2D eigenvalue weighted by molar-refractivity contribution is 8.00. The molecule has 2 atom stereocenters. The summed E-state index contributed by atoms with van der Waals surface area (Å²) < 4.78 is 0. The van der Waals surface area contributed by atoms with E-state index in [0.29, 0.717) is 10.0 Å². The average molecular weight is 419 g/mol. The van der Waals surface area contributed by atoms with E-state index in [-0.39, 0.29) is 17.2 Å². The Morgan fingerprint density at radius 2 is 1.85 bits per heavy atom. The molecule has 140 valence electrons. The second-order valence-electron chi connectivity index (χ2n) is 6.45. The molecule has 1 heterocycles. The number of fused-ring (bicyclic) bond motifs is 1. The van der Waals surface area contributed by atoms with Crippen LogP contribution in [-0.2, 0) is 4.79 Å². The molecule has 0 aliphatic heterocycles. The fourth-order valence-electron chi connectivity index (χ4n) is 2.87. The zero-order valence-corrected chi connectivity index (χ0v) is 17.6. The number of carbonyl (C=O) groups excluding carboxylic acids is 1. The number of nitrogens with one attached hydrogen (secondary N) is 1. The number of benzene rings is 2. The van der Waals surface area contributed by atoms with Crippen LogP contribution in [0.4, 0.5) is 0 Å². The summed E-state index contributed by atoms with van der Waals surface area (Å²) in [7, 11) is 0. The third-order valence-corrected chi connectivity index (χ3v) is 5.93. The van der Waals surface area contributed by atoms with E-state index >= 15 is 0 Å². The van der Waals surface area contributed by atoms with E-state index in [0.717, 1.165) is 27.1 Å². The van der Waals surface area contributed by atoms with E-state index in [4.69, 9.17) is 23.2 Å². The fourth-order valence-corrected chi connectivity index (χ4v) is 4.38. The highest BCUT2D eigenvalue weighted by atomic mass is 35.5. The predicted octanol–water partition coefficient (Wildman–Crippen LogP) is 6.21. The van der Waals surface area contributed by atoms with E-state index in [1.807, 2.05) is 44.2 Å². The van der Waals surface area contributed by atoms with Crippen molar-refractivity contribution in [1.82, 2.24) is 10.3 Å². The Morgan fingerprint density at radius 3 is 2.59 bits per heavy atom. The molecule has 1 aromatic heterocycles. The maximum absolute atomic E-state index is 12.6. The molecule has 0 saturated carbocycles. The topological polar surface area (TPSA) is 42.0 Å². The van der Waals surface area contributed by atoms with Crippen LogP contribution in [0.3, 0.4) is 0 Å². The zero-order chi connectivity index (χ0) is 19.6. The molecule has 1 N–H and O–H groups in total. The number of aryl methyl sites for hydroxylation is 1. The van der Waals surface area contributed by atoms with Crippen LogP contribution in [0.15, 0.2) is 53.6 Å². The summed E-state index contributed by atoms with van der Waals surface area (Å²) in [5.41, 5.74) is 2.93. The second kappa shape index (κ2) is 8.51. The van der Waals surface area contributed by atoms with Crippen molar-refractivity contribution >= 4 is 51.8 Å². The van der Waals surface area contributed by atoms with Gasteiger partial charge in [-0.05, 0) is 56.2 Å². The average Bonchev–Trinajstić information content (AvgIpc) is 2.61. The van der Waals surface area contributed by atoms with Gasteiger partial charge in [0.05, 0.1) is 21.8 Å². The highest BCUT2D eigenvalue weighted by Gasteiger charge is 2.19. The summed E-state index contributed by atoms with van der Waals surface area (Å²) in [6, 6.07) is 15.1. The zero-order valence-electron chi connectivity index (χ0n) is 15.3. The minimum Gasteiger partial charge on any atom is -0.349 e. The van der Waals surface area contributed by atoms with Crippen molar-refractivity contribution in [3.05, 3.63) is 69.7 Å².